The van der Waals surface area contributed by atoms with Crippen molar-refractivity contribution in [1.82, 2.24) is 4.90 Å². The largest absolute Gasteiger partial charge is 0.492 e. The smallest absolute Gasteiger partial charge is 0.123 e. The fraction of sp³-hybridized carbons (Fsp3) is 0.625. The van der Waals surface area contributed by atoms with Crippen LogP contribution in [0, 0.1) is 11.2 Å². The van der Waals surface area contributed by atoms with Crippen LogP contribution in [0.2, 0.25) is 0 Å². The van der Waals surface area contributed by atoms with Gasteiger partial charge in [-0.3, -0.25) is 4.90 Å². The third-order valence-corrected chi connectivity index (χ3v) is 3.71. The van der Waals surface area contributed by atoms with Gasteiger partial charge in [0.25, 0.3) is 0 Å². The molecule has 0 saturated carbocycles. The highest BCUT2D eigenvalue weighted by atomic mass is 19.1. The van der Waals surface area contributed by atoms with Crippen LogP contribution in [-0.4, -0.2) is 42.4 Å². The van der Waals surface area contributed by atoms with Crippen molar-refractivity contribution < 1.29 is 14.2 Å². The first kappa shape index (κ1) is 15.3. The average molecular weight is 281 g/mol. The van der Waals surface area contributed by atoms with Gasteiger partial charge in [-0.15, -0.1) is 0 Å². The quantitative estimate of drug-likeness (QED) is 0.921. The van der Waals surface area contributed by atoms with Gasteiger partial charge in [0.15, 0.2) is 0 Å². The molecular weight excluding hydrogens is 257 g/mol. The molecule has 1 N–H and O–H groups in total. The molecule has 1 atom stereocenters. The molecule has 2 rings (SSSR count). The third kappa shape index (κ3) is 4.76. The van der Waals surface area contributed by atoms with Crippen molar-refractivity contribution in [1.29, 1.82) is 0 Å². The Balaban J connectivity index is 1.79. The number of ether oxygens (including phenoxy) is 1. The number of halogens is 1. The molecule has 0 radical (unpaired) electrons. The number of aliphatic hydroxyl groups is 1. The van der Waals surface area contributed by atoms with Crippen molar-refractivity contribution in [2.75, 3.05) is 26.2 Å². The normalized spacial score (nSPS) is 23.3. The molecule has 0 unspecified atom stereocenters. The predicted molar refractivity (Wildman–Crippen MR) is 77.4 cm³/mol. The highest BCUT2D eigenvalue weighted by Gasteiger charge is 2.28. The average Bonchev–Trinajstić information content (AvgIpc) is 2.49. The topological polar surface area (TPSA) is 32.7 Å². The number of hydrogen-bond acceptors (Lipinski definition) is 3. The van der Waals surface area contributed by atoms with E-state index < -0.39 is 0 Å². The van der Waals surface area contributed by atoms with E-state index in [-0.39, 0.29) is 17.3 Å². The minimum Gasteiger partial charge on any atom is -0.492 e. The summed E-state index contributed by atoms with van der Waals surface area (Å²) in [6, 6.07) is 6.10. The number of nitrogens with zero attached hydrogens (tertiary/aromatic N) is 1. The number of likely N-dealkylation sites (tertiary alicyclic amines) is 1. The summed E-state index contributed by atoms with van der Waals surface area (Å²) in [5, 5.41) is 9.88. The molecule has 0 aliphatic carbocycles. The van der Waals surface area contributed by atoms with Gasteiger partial charge >= 0.3 is 0 Å². The Labute approximate surface area is 120 Å². The van der Waals surface area contributed by atoms with E-state index in [2.05, 4.69) is 18.7 Å². The molecule has 0 spiro atoms. The molecule has 1 aromatic rings. The summed E-state index contributed by atoms with van der Waals surface area (Å²) in [7, 11) is 0. The lowest BCUT2D eigenvalue weighted by Crippen LogP contribution is -2.35. The summed E-state index contributed by atoms with van der Waals surface area (Å²) in [5.74, 6) is 0.445. The van der Waals surface area contributed by atoms with Crippen LogP contribution in [0.25, 0.3) is 0 Å². The maximum atomic E-state index is 12.8. The Hall–Kier alpha value is -1.13. The van der Waals surface area contributed by atoms with Crippen LogP contribution in [0.15, 0.2) is 24.3 Å². The minimum absolute atomic E-state index is 0.131. The molecular formula is C16H24FNO2. The molecule has 1 aliphatic heterocycles. The van der Waals surface area contributed by atoms with E-state index in [4.69, 9.17) is 4.74 Å². The Morgan fingerprint density at radius 1 is 1.35 bits per heavy atom. The van der Waals surface area contributed by atoms with Gasteiger partial charge in [-0.1, -0.05) is 13.8 Å². The van der Waals surface area contributed by atoms with E-state index >= 15 is 0 Å². The Morgan fingerprint density at radius 3 is 2.75 bits per heavy atom. The van der Waals surface area contributed by atoms with Crippen LogP contribution in [0.4, 0.5) is 4.39 Å². The molecule has 1 heterocycles. The molecule has 1 aromatic carbocycles. The van der Waals surface area contributed by atoms with Gasteiger partial charge < -0.3 is 9.84 Å². The first-order valence-corrected chi connectivity index (χ1v) is 7.23. The molecule has 1 aliphatic rings. The lowest BCUT2D eigenvalue weighted by Gasteiger charge is -2.29. The number of benzene rings is 1. The van der Waals surface area contributed by atoms with Crippen LogP contribution in [0.1, 0.15) is 26.7 Å². The summed E-state index contributed by atoms with van der Waals surface area (Å²) in [6.07, 6.45) is 1.47. The molecule has 1 saturated heterocycles. The first-order valence-electron chi connectivity index (χ1n) is 7.23. The van der Waals surface area contributed by atoms with Gasteiger partial charge in [0.1, 0.15) is 18.2 Å². The molecule has 112 valence electrons. The zero-order valence-corrected chi connectivity index (χ0v) is 12.3. The van der Waals surface area contributed by atoms with Gasteiger partial charge in [0.05, 0.1) is 6.10 Å². The van der Waals surface area contributed by atoms with Crippen LogP contribution in [0.3, 0.4) is 0 Å². The maximum Gasteiger partial charge on any atom is 0.123 e. The number of aliphatic hydroxyl groups excluding tert-OH is 1. The van der Waals surface area contributed by atoms with Gasteiger partial charge in [-0.05, 0) is 42.5 Å². The Kier molecular flexibility index (Phi) is 5.00. The highest BCUT2D eigenvalue weighted by Crippen LogP contribution is 2.28. The first-order chi connectivity index (χ1) is 9.44. The molecule has 1 fully saturated rings. The van der Waals surface area contributed by atoms with Crippen molar-refractivity contribution in [2.45, 2.75) is 32.8 Å². The van der Waals surface area contributed by atoms with Crippen molar-refractivity contribution in [3.05, 3.63) is 30.1 Å². The van der Waals surface area contributed by atoms with Gasteiger partial charge in [-0.25, -0.2) is 4.39 Å². The minimum atomic E-state index is -0.249. The summed E-state index contributed by atoms with van der Waals surface area (Å²) >= 11 is 0. The molecule has 20 heavy (non-hydrogen) atoms. The maximum absolute atomic E-state index is 12.8. The zero-order chi connectivity index (χ0) is 14.6. The fourth-order valence-corrected chi connectivity index (χ4v) is 2.83. The monoisotopic (exact) mass is 281 g/mol. The zero-order valence-electron chi connectivity index (χ0n) is 12.3. The lowest BCUT2D eigenvalue weighted by molar-refractivity contribution is 0.120. The predicted octanol–water partition coefficient (Wildman–Crippen LogP) is 2.69. The van der Waals surface area contributed by atoms with Crippen LogP contribution < -0.4 is 4.74 Å². The van der Waals surface area contributed by atoms with E-state index in [0.717, 1.165) is 32.5 Å². The van der Waals surface area contributed by atoms with Crippen molar-refractivity contribution in [2.24, 2.45) is 5.41 Å². The van der Waals surface area contributed by atoms with Crippen molar-refractivity contribution in [3.63, 3.8) is 0 Å². The van der Waals surface area contributed by atoms with E-state index in [9.17, 15) is 9.50 Å². The second kappa shape index (κ2) is 6.55. The van der Waals surface area contributed by atoms with Crippen molar-refractivity contribution >= 4 is 0 Å². The van der Waals surface area contributed by atoms with E-state index in [1.165, 1.54) is 12.1 Å². The molecule has 0 amide bonds. The molecule has 4 heteroatoms. The summed E-state index contributed by atoms with van der Waals surface area (Å²) < 4.78 is 18.4. The highest BCUT2D eigenvalue weighted by molar-refractivity contribution is 5.21. The van der Waals surface area contributed by atoms with Gasteiger partial charge in [-0.2, -0.15) is 0 Å². The Morgan fingerprint density at radius 2 is 2.05 bits per heavy atom. The summed E-state index contributed by atoms with van der Waals surface area (Å²) in [6.45, 7) is 7.66. The van der Waals surface area contributed by atoms with E-state index in [1.54, 1.807) is 12.1 Å². The number of hydrogen-bond donors (Lipinski definition) is 1. The lowest BCUT2D eigenvalue weighted by atomic mass is 9.87. The SMILES string of the molecule is CC1(C)C[C@@H](O)CCN(CCOc2ccc(F)cc2)C1. The fourth-order valence-electron chi connectivity index (χ4n) is 2.83. The third-order valence-electron chi connectivity index (χ3n) is 3.71. The second-order valence-electron chi connectivity index (χ2n) is 6.39. The van der Waals surface area contributed by atoms with Gasteiger partial charge in [0.2, 0.25) is 0 Å². The molecule has 0 bridgehead atoms. The van der Waals surface area contributed by atoms with Crippen LogP contribution >= 0.6 is 0 Å². The molecule has 0 aromatic heterocycles. The van der Waals surface area contributed by atoms with E-state index in [0.29, 0.717) is 12.4 Å². The molecule has 3 nitrogen and oxygen atoms in total. The Bertz CT molecular complexity index is 419. The summed E-state index contributed by atoms with van der Waals surface area (Å²) in [5.41, 5.74) is 0.131. The standard InChI is InChI=1S/C16H24FNO2/c1-16(2)11-14(19)7-8-18(12-16)9-10-20-15-5-3-13(17)4-6-15/h3-6,14,19H,7-12H2,1-2H3/t14-/m0/s1. The number of rotatable bonds is 4. The second-order valence-corrected chi connectivity index (χ2v) is 6.39. The van der Waals surface area contributed by atoms with Crippen molar-refractivity contribution in [3.8, 4) is 5.75 Å². The van der Waals surface area contributed by atoms with Crippen LogP contribution in [-0.2, 0) is 0 Å². The van der Waals surface area contributed by atoms with Gasteiger partial charge in [0, 0.05) is 19.6 Å². The summed E-state index contributed by atoms with van der Waals surface area (Å²) in [4.78, 5) is 2.33. The van der Waals surface area contributed by atoms with Crippen LogP contribution in [0.5, 0.6) is 5.75 Å². The van der Waals surface area contributed by atoms with E-state index in [1.807, 2.05) is 0 Å².